The van der Waals surface area contributed by atoms with Crippen molar-refractivity contribution in [2.24, 2.45) is 4.36 Å². The van der Waals surface area contributed by atoms with Crippen LogP contribution in [0.2, 0.25) is 0 Å². The summed E-state index contributed by atoms with van der Waals surface area (Å²) in [6.07, 6.45) is 2.83. The van der Waals surface area contributed by atoms with Crippen LogP contribution >= 0.6 is 0 Å². The second kappa shape index (κ2) is 7.42. The van der Waals surface area contributed by atoms with Crippen LogP contribution in [-0.4, -0.2) is 16.3 Å². The fourth-order valence-corrected chi connectivity index (χ4v) is 5.21. The molecular formula is C17H18LiNOS. The molecule has 0 bridgehead atoms. The molecule has 0 radical (unpaired) electrons. The normalized spacial score (nSPS) is 24.7. The van der Waals surface area contributed by atoms with Crippen LogP contribution in [-0.2, 0) is 16.5 Å². The summed E-state index contributed by atoms with van der Waals surface area (Å²) in [6, 6.07) is 20.9. The smallest absolute Gasteiger partial charge is 0.628 e. The predicted molar refractivity (Wildman–Crippen MR) is 82.1 cm³/mol. The minimum atomic E-state index is -2.34. The monoisotopic (exact) mass is 291 g/mol. The van der Waals surface area contributed by atoms with E-state index >= 15 is 0 Å². The zero-order chi connectivity index (χ0) is 13.8. The number of hydrogen-bond acceptors (Lipinski definition) is 2. The van der Waals surface area contributed by atoms with Gasteiger partial charge in [-0.2, -0.15) is 18.2 Å². The molecule has 0 saturated carbocycles. The molecule has 2 aromatic rings. The Morgan fingerprint density at radius 3 is 2.62 bits per heavy atom. The van der Waals surface area contributed by atoms with Crippen molar-refractivity contribution in [2.45, 2.75) is 29.4 Å². The third-order valence-corrected chi connectivity index (χ3v) is 6.48. The van der Waals surface area contributed by atoms with Crippen LogP contribution < -0.4 is 18.9 Å². The minimum absolute atomic E-state index is 0. The molecule has 1 aliphatic heterocycles. The van der Waals surface area contributed by atoms with Gasteiger partial charge in [0.2, 0.25) is 0 Å². The second-order valence-corrected chi connectivity index (χ2v) is 7.60. The third-order valence-electron chi connectivity index (χ3n) is 3.72. The maximum atomic E-state index is 13.3. The van der Waals surface area contributed by atoms with Gasteiger partial charge in [0, 0.05) is 11.3 Å². The summed E-state index contributed by atoms with van der Waals surface area (Å²) < 4.78 is 17.9. The Morgan fingerprint density at radius 1 is 1.14 bits per heavy atom. The van der Waals surface area contributed by atoms with Gasteiger partial charge in [-0.3, -0.25) is 0 Å². The zero-order valence-corrected chi connectivity index (χ0v) is 13.2. The van der Waals surface area contributed by atoms with Crippen molar-refractivity contribution in [1.82, 2.24) is 0 Å². The zero-order valence-electron chi connectivity index (χ0n) is 12.4. The first-order valence-corrected chi connectivity index (χ1v) is 8.59. The topological polar surface area (TPSA) is 35.4 Å². The van der Waals surface area contributed by atoms with Crippen molar-refractivity contribution in [3.63, 3.8) is 0 Å². The van der Waals surface area contributed by atoms with Crippen LogP contribution in [0.1, 0.15) is 18.4 Å². The molecule has 1 unspecified atom stereocenters. The molecule has 104 valence electrons. The van der Waals surface area contributed by atoms with E-state index in [4.69, 9.17) is 0 Å². The molecule has 4 heteroatoms. The molecule has 0 N–H and O–H groups in total. The molecule has 0 aromatic heterocycles. The summed E-state index contributed by atoms with van der Waals surface area (Å²) in [5.74, 6) is 0. The standard InChI is InChI=1S/C17H18NOS.Li/c19-20(16-10-5-2-6-11-16)17(12-7-13-18-20)14-15-8-3-1-4-9-15;/h1-6,8-10,17H,7,12-14H2;/q-1;+1/t17-,20?;/m0./s1. The van der Waals surface area contributed by atoms with E-state index in [2.05, 4.69) is 22.6 Å². The van der Waals surface area contributed by atoms with E-state index in [-0.39, 0.29) is 24.1 Å². The van der Waals surface area contributed by atoms with Crippen molar-refractivity contribution >= 4 is 10.1 Å². The van der Waals surface area contributed by atoms with E-state index in [1.807, 2.05) is 42.5 Å². The first-order valence-electron chi connectivity index (χ1n) is 7.01. The average Bonchev–Trinajstić information content (AvgIpc) is 2.52. The Balaban J connectivity index is 0.00000161. The number of hydrogen-bond donors (Lipinski definition) is 0. The van der Waals surface area contributed by atoms with Crippen LogP contribution in [0.25, 0.3) is 0 Å². The molecule has 0 amide bonds. The Hall–Kier alpha value is -0.853. The van der Waals surface area contributed by atoms with Crippen molar-refractivity contribution < 1.29 is 23.4 Å². The van der Waals surface area contributed by atoms with Crippen LogP contribution in [0.5, 0.6) is 0 Å². The van der Waals surface area contributed by atoms with E-state index in [1.54, 1.807) is 0 Å². The van der Waals surface area contributed by atoms with Gasteiger partial charge in [0.05, 0.1) is 6.54 Å². The maximum Gasteiger partial charge on any atom is 1.00 e. The van der Waals surface area contributed by atoms with Gasteiger partial charge in [0.25, 0.3) is 0 Å². The van der Waals surface area contributed by atoms with Gasteiger partial charge in [0.1, 0.15) is 5.25 Å². The third kappa shape index (κ3) is 3.67. The largest absolute Gasteiger partial charge is 1.00 e. The van der Waals surface area contributed by atoms with Crippen LogP contribution in [0.4, 0.5) is 0 Å². The van der Waals surface area contributed by atoms with Crippen LogP contribution in [0.15, 0.2) is 63.9 Å². The summed E-state index contributed by atoms with van der Waals surface area (Å²) in [5, 5.41) is 0.0947. The predicted octanol–water partition coefficient (Wildman–Crippen LogP) is 0.723. The first-order chi connectivity index (χ1) is 9.79. The number of nitrogens with zero attached hydrogens (tertiary/aromatic N) is 1. The van der Waals surface area contributed by atoms with E-state index in [0.717, 1.165) is 24.2 Å². The molecule has 0 fully saturated rings. The van der Waals surface area contributed by atoms with E-state index in [1.165, 1.54) is 5.56 Å². The van der Waals surface area contributed by atoms with Gasteiger partial charge in [-0.25, -0.2) is 0 Å². The molecule has 2 atom stereocenters. The number of rotatable bonds is 3. The number of benzene rings is 2. The fourth-order valence-electron chi connectivity index (χ4n) is 2.68. The fraction of sp³-hybridized carbons (Fsp3) is 0.294. The summed E-state index contributed by atoms with van der Waals surface area (Å²) in [5.41, 5.74) is 1.23. The molecule has 21 heavy (non-hydrogen) atoms. The summed E-state index contributed by atoms with van der Waals surface area (Å²) >= 11 is 0. The molecule has 1 heterocycles. The molecule has 0 saturated heterocycles. The van der Waals surface area contributed by atoms with Gasteiger partial charge >= 0.3 is 18.9 Å². The quantitative estimate of drug-likeness (QED) is 0.466. The van der Waals surface area contributed by atoms with E-state index in [0.29, 0.717) is 6.54 Å². The Labute approximate surface area is 140 Å². The van der Waals surface area contributed by atoms with Gasteiger partial charge in [-0.1, -0.05) is 40.4 Å². The van der Waals surface area contributed by atoms with Crippen LogP contribution in [0.3, 0.4) is 0 Å². The van der Waals surface area contributed by atoms with Gasteiger partial charge in [-0.15, -0.1) is 16.5 Å². The molecular weight excluding hydrogens is 273 g/mol. The molecule has 2 nitrogen and oxygen atoms in total. The molecule has 0 spiro atoms. The van der Waals surface area contributed by atoms with Crippen molar-refractivity contribution in [1.29, 1.82) is 0 Å². The first kappa shape index (κ1) is 16.5. The molecule has 3 rings (SSSR count). The van der Waals surface area contributed by atoms with Crippen molar-refractivity contribution in [3.05, 3.63) is 66.2 Å². The second-order valence-electron chi connectivity index (χ2n) is 5.10. The Kier molecular flexibility index (Phi) is 5.84. The molecule has 1 aliphatic rings. The summed E-state index contributed by atoms with van der Waals surface area (Å²) in [6.45, 7) is 0.701. The van der Waals surface area contributed by atoms with Crippen molar-refractivity contribution in [2.75, 3.05) is 6.54 Å². The van der Waals surface area contributed by atoms with Crippen LogP contribution in [0, 0.1) is 6.07 Å². The Bertz CT molecular complexity index is 615. The average molecular weight is 291 g/mol. The van der Waals surface area contributed by atoms with Crippen molar-refractivity contribution in [3.8, 4) is 0 Å². The molecule has 0 aliphatic carbocycles. The summed E-state index contributed by atoms with van der Waals surface area (Å²) in [4.78, 5) is 0.764. The summed E-state index contributed by atoms with van der Waals surface area (Å²) in [7, 11) is -2.34. The van der Waals surface area contributed by atoms with E-state index in [9.17, 15) is 4.55 Å². The van der Waals surface area contributed by atoms with Gasteiger partial charge in [0.15, 0.2) is 0 Å². The van der Waals surface area contributed by atoms with Gasteiger partial charge in [-0.05, 0) is 18.4 Å². The van der Waals surface area contributed by atoms with E-state index < -0.39 is 10.1 Å². The SMILES string of the molecule is [Li+].[O-][S+]1(c2[c-]cccc2)=NCCC[C@H]1Cc1ccccc1. The Morgan fingerprint density at radius 2 is 1.90 bits per heavy atom. The maximum absolute atomic E-state index is 13.3. The van der Waals surface area contributed by atoms with Gasteiger partial charge < -0.3 is 4.55 Å². The minimum Gasteiger partial charge on any atom is -0.628 e. The molecule has 2 aromatic carbocycles.